The third-order valence-corrected chi connectivity index (χ3v) is 4.63. The third kappa shape index (κ3) is 3.01. The van der Waals surface area contributed by atoms with E-state index in [9.17, 15) is 4.39 Å². The number of rotatable bonds is 2. The Kier molecular flexibility index (Phi) is 4.08. The highest BCUT2D eigenvalue weighted by atomic mass is 79.9. The third-order valence-electron chi connectivity index (χ3n) is 4.03. The van der Waals surface area contributed by atoms with Gasteiger partial charge in [-0.3, -0.25) is 0 Å². The lowest BCUT2D eigenvalue weighted by Gasteiger charge is -2.22. The summed E-state index contributed by atoms with van der Waals surface area (Å²) in [6.45, 7) is 0. The first-order chi connectivity index (χ1) is 10.1. The molecular weight excluding hydrogens is 337 g/mol. The monoisotopic (exact) mass is 353 g/mol. The molecule has 1 saturated carbocycles. The summed E-state index contributed by atoms with van der Waals surface area (Å²) in [6.07, 6.45) is 6.28. The lowest BCUT2D eigenvalue weighted by atomic mass is 9.91. The molecule has 0 bridgehead atoms. The van der Waals surface area contributed by atoms with Crippen molar-refractivity contribution in [1.82, 2.24) is 10.1 Å². The highest BCUT2D eigenvalue weighted by Gasteiger charge is 2.34. The topological polar surface area (TPSA) is 64.9 Å². The Bertz CT molecular complexity index is 636. The summed E-state index contributed by atoms with van der Waals surface area (Å²) in [5, 5.41) is 4.00. The molecule has 4 nitrogen and oxygen atoms in total. The predicted molar refractivity (Wildman–Crippen MR) is 81.0 cm³/mol. The average molecular weight is 354 g/mol. The second-order valence-electron chi connectivity index (χ2n) is 5.62. The van der Waals surface area contributed by atoms with Crippen LogP contribution in [0.15, 0.2) is 27.2 Å². The predicted octanol–water partition coefficient (Wildman–Crippen LogP) is 4.15. The molecular formula is C15H17BrFN3O. The number of benzene rings is 1. The summed E-state index contributed by atoms with van der Waals surface area (Å²) in [5.41, 5.74) is 6.64. The normalized spacial score (nSPS) is 18.4. The zero-order valence-electron chi connectivity index (χ0n) is 11.6. The molecule has 0 unspecified atom stereocenters. The number of hydrogen-bond acceptors (Lipinski definition) is 4. The minimum absolute atomic E-state index is 0.318. The molecule has 1 aliphatic rings. The highest BCUT2D eigenvalue weighted by Crippen LogP contribution is 2.34. The highest BCUT2D eigenvalue weighted by molar-refractivity contribution is 9.10. The van der Waals surface area contributed by atoms with Crippen LogP contribution in [0.4, 0.5) is 4.39 Å². The minimum Gasteiger partial charge on any atom is -0.337 e. The molecule has 0 radical (unpaired) electrons. The molecule has 112 valence electrons. The van der Waals surface area contributed by atoms with Crippen LogP contribution in [0.5, 0.6) is 0 Å². The molecule has 0 atom stereocenters. The van der Waals surface area contributed by atoms with Crippen molar-refractivity contribution < 1.29 is 8.91 Å². The maximum atomic E-state index is 13.3. The van der Waals surface area contributed by atoms with Gasteiger partial charge < -0.3 is 10.3 Å². The quantitative estimate of drug-likeness (QED) is 0.823. The van der Waals surface area contributed by atoms with Crippen LogP contribution < -0.4 is 5.73 Å². The van der Waals surface area contributed by atoms with Crippen LogP contribution >= 0.6 is 15.9 Å². The van der Waals surface area contributed by atoms with Crippen LogP contribution in [0.1, 0.15) is 44.4 Å². The van der Waals surface area contributed by atoms with Crippen LogP contribution in [0.2, 0.25) is 0 Å². The van der Waals surface area contributed by atoms with E-state index in [-0.39, 0.29) is 5.82 Å². The van der Waals surface area contributed by atoms with Gasteiger partial charge in [-0.05, 0) is 47.0 Å². The van der Waals surface area contributed by atoms with Gasteiger partial charge in [0.05, 0.1) is 10.0 Å². The van der Waals surface area contributed by atoms with Crippen LogP contribution in [0.3, 0.4) is 0 Å². The van der Waals surface area contributed by atoms with Gasteiger partial charge in [-0.25, -0.2) is 4.39 Å². The van der Waals surface area contributed by atoms with Crippen LogP contribution in [-0.4, -0.2) is 10.1 Å². The first-order valence-electron chi connectivity index (χ1n) is 7.17. The Morgan fingerprint density at radius 1 is 1.19 bits per heavy atom. The van der Waals surface area contributed by atoms with Crippen LogP contribution in [-0.2, 0) is 5.54 Å². The van der Waals surface area contributed by atoms with Crippen molar-refractivity contribution in [2.24, 2.45) is 5.73 Å². The fourth-order valence-corrected chi connectivity index (χ4v) is 3.13. The fourth-order valence-electron chi connectivity index (χ4n) is 2.75. The van der Waals surface area contributed by atoms with E-state index >= 15 is 0 Å². The smallest absolute Gasteiger partial charge is 0.247 e. The second kappa shape index (κ2) is 5.85. The first-order valence-corrected chi connectivity index (χ1v) is 7.96. The summed E-state index contributed by atoms with van der Waals surface area (Å²) >= 11 is 3.16. The largest absolute Gasteiger partial charge is 0.337 e. The Morgan fingerprint density at radius 3 is 2.57 bits per heavy atom. The van der Waals surface area contributed by atoms with Crippen molar-refractivity contribution in [2.45, 2.75) is 44.1 Å². The van der Waals surface area contributed by atoms with Gasteiger partial charge in [0.2, 0.25) is 11.7 Å². The van der Waals surface area contributed by atoms with Gasteiger partial charge in [-0.15, -0.1) is 0 Å². The van der Waals surface area contributed by atoms with Crippen molar-refractivity contribution in [3.8, 4) is 11.4 Å². The van der Waals surface area contributed by atoms with E-state index in [0.29, 0.717) is 21.8 Å². The molecule has 21 heavy (non-hydrogen) atoms. The molecule has 3 rings (SSSR count). The lowest BCUT2D eigenvalue weighted by Crippen LogP contribution is -2.36. The molecule has 2 N–H and O–H groups in total. The van der Waals surface area contributed by atoms with Gasteiger partial charge in [0.25, 0.3) is 0 Å². The van der Waals surface area contributed by atoms with Crippen LogP contribution in [0.25, 0.3) is 11.4 Å². The van der Waals surface area contributed by atoms with E-state index in [1.165, 1.54) is 18.9 Å². The van der Waals surface area contributed by atoms with Gasteiger partial charge in [0.15, 0.2) is 0 Å². The van der Waals surface area contributed by atoms with Gasteiger partial charge in [0, 0.05) is 5.56 Å². The van der Waals surface area contributed by atoms with Crippen molar-refractivity contribution in [3.63, 3.8) is 0 Å². The minimum atomic E-state index is -0.529. The molecule has 2 aromatic rings. The van der Waals surface area contributed by atoms with Crippen molar-refractivity contribution in [1.29, 1.82) is 0 Å². The molecule has 0 spiro atoms. The second-order valence-corrected chi connectivity index (χ2v) is 6.48. The van der Waals surface area contributed by atoms with Gasteiger partial charge in [-0.1, -0.05) is 30.8 Å². The molecule has 1 aromatic carbocycles. The first kappa shape index (κ1) is 14.7. The summed E-state index contributed by atoms with van der Waals surface area (Å²) in [5.74, 6) is 0.612. The summed E-state index contributed by atoms with van der Waals surface area (Å²) in [6, 6.07) is 4.64. The van der Waals surface area contributed by atoms with E-state index in [0.717, 1.165) is 25.7 Å². The summed E-state index contributed by atoms with van der Waals surface area (Å²) in [7, 11) is 0. The molecule has 6 heteroatoms. The Balaban J connectivity index is 1.90. The maximum absolute atomic E-state index is 13.3. The molecule has 1 aromatic heterocycles. The zero-order valence-corrected chi connectivity index (χ0v) is 13.2. The average Bonchev–Trinajstić information content (AvgIpc) is 2.86. The molecule has 0 aliphatic heterocycles. The van der Waals surface area contributed by atoms with Crippen molar-refractivity contribution >= 4 is 15.9 Å². The zero-order chi connectivity index (χ0) is 14.9. The molecule has 0 amide bonds. The van der Waals surface area contributed by atoms with Crippen molar-refractivity contribution in [3.05, 3.63) is 34.4 Å². The lowest BCUT2D eigenvalue weighted by molar-refractivity contribution is 0.257. The van der Waals surface area contributed by atoms with Gasteiger partial charge in [-0.2, -0.15) is 4.98 Å². The SMILES string of the molecule is NC1(c2nc(-c3ccc(F)c(Br)c3)no2)CCCCCC1. The number of nitrogens with two attached hydrogens (primary N) is 1. The Labute approximate surface area is 131 Å². The van der Waals surface area contributed by atoms with E-state index in [4.69, 9.17) is 10.3 Å². The number of nitrogens with zero attached hydrogens (tertiary/aromatic N) is 2. The van der Waals surface area contributed by atoms with E-state index in [1.807, 2.05) is 0 Å². The summed E-state index contributed by atoms with van der Waals surface area (Å²) < 4.78 is 19.1. The number of hydrogen-bond donors (Lipinski definition) is 1. The number of aromatic nitrogens is 2. The van der Waals surface area contributed by atoms with E-state index in [1.54, 1.807) is 12.1 Å². The Hall–Kier alpha value is -1.27. The van der Waals surface area contributed by atoms with E-state index in [2.05, 4.69) is 26.1 Å². The standard InChI is InChI=1S/C15H17BrFN3O/c16-11-9-10(5-6-12(11)17)13-19-14(21-20-13)15(18)7-3-1-2-4-8-15/h5-6,9H,1-4,7-8,18H2. The molecule has 1 fully saturated rings. The van der Waals surface area contributed by atoms with Gasteiger partial charge in [0.1, 0.15) is 5.82 Å². The van der Waals surface area contributed by atoms with Crippen LogP contribution in [0, 0.1) is 5.82 Å². The molecule has 1 heterocycles. The Morgan fingerprint density at radius 2 is 1.90 bits per heavy atom. The van der Waals surface area contributed by atoms with Gasteiger partial charge >= 0.3 is 0 Å². The summed E-state index contributed by atoms with van der Waals surface area (Å²) in [4.78, 5) is 4.44. The van der Waals surface area contributed by atoms with E-state index < -0.39 is 5.54 Å². The molecule has 0 saturated heterocycles. The fraction of sp³-hybridized carbons (Fsp3) is 0.467. The van der Waals surface area contributed by atoms with Crippen molar-refractivity contribution in [2.75, 3.05) is 0 Å². The maximum Gasteiger partial charge on any atom is 0.247 e. The number of halogens is 2. The molecule has 1 aliphatic carbocycles.